The predicted molar refractivity (Wildman–Crippen MR) is 133 cm³/mol. The highest BCUT2D eigenvalue weighted by molar-refractivity contribution is 6.25. The maximum atomic E-state index is 14.2. The fraction of sp³-hybridized carbons (Fsp3) is 0.267. The topological polar surface area (TPSA) is 80.8 Å². The van der Waals surface area contributed by atoms with Gasteiger partial charge >= 0.3 is 5.97 Å². The van der Waals surface area contributed by atoms with Crippen molar-refractivity contribution in [1.29, 1.82) is 0 Å². The largest absolute Gasteiger partial charge is 0.459 e. The summed E-state index contributed by atoms with van der Waals surface area (Å²) in [6.45, 7) is 5.03. The molecule has 1 saturated heterocycles. The molecule has 0 unspecified atom stereocenters. The zero-order valence-electron chi connectivity index (χ0n) is 20.2. The van der Waals surface area contributed by atoms with Crippen molar-refractivity contribution < 1.29 is 23.9 Å². The van der Waals surface area contributed by atoms with Crippen LogP contribution in [-0.2, 0) is 24.5 Å². The summed E-state index contributed by atoms with van der Waals surface area (Å²) in [7, 11) is 0. The lowest BCUT2D eigenvalue weighted by atomic mass is 9.46. The summed E-state index contributed by atoms with van der Waals surface area (Å²) in [5.74, 6) is -3.35. The number of rotatable bonds is 4. The van der Waals surface area contributed by atoms with Crippen LogP contribution < -0.4 is 4.90 Å². The third-order valence-electron chi connectivity index (χ3n) is 7.86. The summed E-state index contributed by atoms with van der Waals surface area (Å²) in [6.07, 6.45) is -0.304. The molecule has 0 aromatic heterocycles. The van der Waals surface area contributed by atoms with E-state index in [9.17, 15) is 19.2 Å². The number of ketones is 1. The molecule has 7 rings (SSSR count). The van der Waals surface area contributed by atoms with Crippen LogP contribution >= 0.6 is 0 Å². The Morgan fingerprint density at radius 2 is 1.47 bits per heavy atom. The van der Waals surface area contributed by atoms with E-state index in [-0.39, 0.29) is 29.3 Å². The standard InChI is InChI=1S/C30H25NO5/c1-16(2)36-29(35)18-9-8-10-19(15-18)31-27(33)25-24-20-11-4-6-13-22(20)30(17(3)32,26(25)28(31)34)23-14-7-5-12-21(23)24/h4-16,24-26H,1-3H3/t24?,25-,26+,30?/m0/s1. The van der Waals surface area contributed by atoms with Crippen LogP contribution in [-0.4, -0.2) is 29.7 Å². The molecule has 3 aromatic carbocycles. The second-order valence-corrected chi connectivity index (χ2v) is 10.0. The molecule has 180 valence electrons. The Hall–Kier alpha value is -4.06. The van der Waals surface area contributed by atoms with Gasteiger partial charge < -0.3 is 4.74 Å². The molecule has 2 amide bonds. The third-order valence-corrected chi connectivity index (χ3v) is 7.86. The first-order chi connectivity index (χ1) is 17.3. The van der Waals surface area contributed by atoms with E-state index < -0.39 is 29.1 Å². The van der Waals surface area contributed by atoms with Crippen LogP contribution in [0.5, 0.6) is 0 Å². The van der Waals surface area contributed by atoms with E-state index in [1.165, 1.54) is 17.9 Å². The number of hydrogen-bond donors (Lipinski definition) is 0. The van der Waals surface area contributed by atoms with E-state index in [0.717, 1.165) is 22.3 Å². The number of hydrogen-bond acceptors (Lipinski definition) is 5. The lowest BCUT2D eigenvalue weighted by Crippen LogP contribution is -2.57. The Bertz CT molecular complexity index is 1420. The lowest BCUT2D eigenvalue weighted by molar-refractivity contribution is -0.132. The van der Waals surface area contributed by atoms with Gasteiger partial charge in [-0.1, -0.05) is 54.6 Å². The van der Waals surface area contributed by atoms with E-state index in [1.807, 2.05) is 48.5 Å². The van der Waals surface area contributed by atoms with Crippen molar-refractivity contribution in [2.24, 2.45) is 11.8 Å². The van der Waals surface area contributed by atoms with Crippen molar-refractivity contribution in [1.82, 2.24) is 0 Å². The van der Waals surface area contributed by atoms with E-state index in [4.69, 9.17) is 4.74 Å². The summed E-state index contributed by atoms with van der Waals surface area (Å²) < 4.78 is 5.31. The van der Waals surface area contributed by atoms with Gasteiger partial charge in [0.15, 0.2) is 0 Å². The van der Waals surface area contributed by atoms with Gasteiger partial charge in [-0.15, -0.1) is 0 Å². The third kappa shape index (κ3) is 2.72. The molecule has 1 fully saturated rings. The molecule has 1 heterocycles. The van der Waals surface area contributed by atoms with Crippen molar-refractivity contribution in [3.63, 3.8) is 0 Å². The molecule has 36 heavy (non-hydrogen) atoms. The van der Waals surface area contributed by atoms with Crippen molar-refractivity contribution in [3.05, 3.63) is 101 Å². The van der Waals surface area contributed by atoms with Crippen LogP contribution in [0.25, 0.3) is 0 Å². The van der Waals surface area contributed by atoms with E-state index in [2.05, 4.69) is 0 Å². The van der Waals surface area contributed by atoms with E-state index in [1.54, 1.807) is 32.0 Å². The van der Waals surface area contributed by atoms with Gasteiger partial charge in [0, 0.05) is 5.92 Å². The Labute approximate surface area is 208 Å². The molecule has 1 aliphatic heterocycles. The van der Waals surface area contributed by atoms with Gasteiger partial charge in [-0.2, -0.15) is 0 Å². The Morgan fingerprint density at radius 1 is 0.861 bits per heavy atom. The number of amides is 2. The molecule has 0 spiro atoms. The number of esters is 1. The summed E-state index contributed by atoms with van der Waals surface area (Å²) in [4.78, 5) is 55.6. The molecule has 6 nitrogen and oxygen atoms in total. The first-order valence-electron chi connectivity index (χ1n) is 12.2. The quantitative estimate of drug-likeness (QED) is 0.410. The second kappa shape index (κ2) is 7.72. The van der Waals surface area contributed by atoms with Crippen LogP contribution in [0.3, 0.4) is 0 Å². The number of benzene rings is 3. The molecular formula is C30H25NO5. The fourth-order valence-corrected chi connectivity index (χ4v) is 6.68. The molecule has 2 bridgehead atoms. The highest BCUT2D eigenvalue weighted by atomic mass is 16.5. The average molecular weight is 480 g/mol. The number of anilines is 1. The molecule has 2 atom stereocenters. The zero-order valence-corrected chi connectivity index (χ0v) is 20.2. The van der Waals surface area contributed by atoms with Crippen LogP contribution in [0.2, 0.25) is 0 Å². The normalized spacial score (nSPS) is 25.4. The average Bonchev–Trinajstić information content (AvgIpc) is 3.14. The summed E-state index contributed by atoms with van der Waals surface area (Å²) in [5, 5.41) is 0. The molecular weight excluding hydrogens is 454 g/mol. The smallest absolute Gasteiger partial charge is 0.338 e. The molecule has 0 saturated carbocycles. The number of carbonyl (C=O) groups excluding carboxylic acids is 4. The number of carbonyl (C=O) groups is 4. The first-order valence-corrected chi connectivity index (χ1v) is 12.2. The van der Waals surface area contributed by atoms with Gasteiger partial charge in [0.25, 0.3) is 0 Å². The minimum Gasteiger partial charge on any atom is -0.459 e. The molecule has 6 heteroatoms. The first kappa shape index (κ1) is 22.4. The van der Waals surface area contributed by atoms with E-state index >= 15 is 0 Å². The Morgan fingerprint density at radius 3 is 2.06 bits per heavy atom. The summed E-state index contributed by atoms with van der Waals surface area (Å²) >= 11 is 0. The monoisotopic (exact) mass is 479 g/mol. The summed E-state index contributed by atoms with van der Waals surface area (Å²) in [5.41, 5.74) is 2.77. The Balaban J connectivity index is 1.55. The number of nitrogens with zero attached hydrogens (tertiary/aromatic N) is 1. The van der Waals surface area contributed by atoms with Crippen LogP contribution in [0.15, 0.2) is 72.8 Å². The van der Waals surface area contributed by atoms with Crippen LogP contribution in [0.4, 0.5) is 5.69 Å². The van der Waals surface area contributed by atoms with Crippen molar-refractivity contribution in [3.8, 4) is 0 Å². The van der Waals surface area contributed by atoms with Gasteiger partial charge in [-0.05, 0) is 61.2 Å². The number of imide groups is 1. The van der Waals surface area contributed by atoms with Crippen molar-refractivity contribution in [2.75, 3.05) is 4.90 Å². The molecule has 3 aromatic rings. The lowest BCUT2D eigenvalue weighted by Gasteiger charge is -2.52. The molecule has 3 aliphatic carbocycles. The van der Waals surface area contributed by atoms with E-state index in [0.29, 0.717) is 5.69 Å². The molecule has 4 aliphatic rings. The van der Waals surface area contributed by atoms with Crippen molar-refractivity contribution in [2.45, 2.75) is 38.2 Å². The van der Waals surface area contributed by atoms with Crippen LogP contribution in [0.1, 0.15) is 59.3 Å². The minimum atomic E-state index is -1.25. The van der Waals surface area contributed by atoms with Crippen LogP contribution in [0, 0.1) is 11.8 Å². The Kier molecular flexibility index (Phi) is 4.80. The SMILES string of the molecule is CC(=O)C12c3ccccc3C(c3ccccc31)[C@@H]1C(=O)N(c3cccc(C(=O)OC(C)C)c3)C(=O)[C@@H]12. The fourth-order valence-electron chi connectivity index (χ4n) is 6.68. The maximum Gasteiger partial charge on any atom is 0.338 e. The van der Waals surface area contributed by atoms with Gasteiger partial charge in [0.1, 0.15) is 5.78 Å². The zero-order chi connectivity index (χ0) is 25.4. The maximum absolute atomic E-state index is 14.2. The van der Waals surface area contributed by atoms with Gasteiger partial charge in [0.2, 0.25) is 11.8 Å². The second-order valence-electron chi connectivity index (χ2n) is 10.0. The van der Waals surface area contributed by atoms with Gasteiger partial charge in [-0.25, -0.2) is 9.69 Å². The number of ether oxygens (including phenoxy) is 1. The highest BCUT2D eigenvalue weighted by Crippen LogP contribution is 2.64. The highest BCUT2D eigenvalue weighted by Gasteiger charge is 2.70. The van der Waals surface area contributed by atoms with Crippen molar-refractivity contribution >= 4 is 29.3 Å². The predicted octanol–water partition coefficient (Wildman–Crippen LogP) is 4.39. The van der Waals surface area contributed by atoms with Gasteiger partial charge in [0.05, 0.1) is 34.6 Å². The molecule has 0 N–H and O–H groups in total. The minimum absolute atomic E-state index is 0.159. The summed E-state index contributed by atoms with van der Waals surface area (Å²) in [6, 6.07) is 21.7. The molecule has 0 radical (unpaired) electrons. The number of Topliss-reactive ketones (excluding diaryl/α,β-unsaturated/α-hetero) is 1. The van der Waals surface area contributed by atoms with Gasteiger partial charge in [-0.3, -0.25) is 14.4 Å².